The van der Waals surface area contributed by atoms with E-state index in [1.165, 1.54) is 6.21 Å². The van der Waals surface area contributed by atoms with Gasteiger partial charge in [0.25, 0.3) is 5.91 Å². The Labute approximate surface area is 156 Å². The van der Waals surface area contributed by atoms with E-state index in [4.69, 9.17) is 14.2 Å². The summed E-state index contributed by atoms with van der Waals surface area (Å²) in [4.78, 5) is 16.3. The molecule has 27 heavy (non-hydrogen) atoms. The number of hydrogen-bond acceptors (Lipinski definition) is 6. The lowest BCUT2D eigenvalue weighted by Gasteiger charge is -2.08. The lowest BCUT2D eigenvalue weighted by atomic mass is 10.2. The highest BCUT2D eigenvalue weighted by Gasteiger charge is 2.07. The van der Waals surface area contributed by atoms with Gasteiger partial charge in [0.05, 0.1) is 20.4 Å². The minimum atomic E-state index is -0.388. The summed E-state index contributed by atoms with van der Waals surface area (Å²) in [6.07, 6.45) is 3.17. The molecule has 1 heterocycles. The molecule has 1 N–H and O–H groups in total. The van der Waals surface area contributed by atoms with E-state index < -0.39 is 0 Å². The minimum Gasteiger partial charge on any atom is -0.497 e. The first-order chi connectivity index (χ1) is 13.2. The highest BCUT2D eigenvalue weighted by Crippen LogP contribution is 2.23. The summed E-state index contributed by atoms with van der Waals surface area (Å²) in [6, 6.07) is 14.6. The molecule has 3 rings (SSSR count). The second-order valence-electron chi connectivity index (χ2n) is 5.52. The van der Waals surface area contributed by atoms with Crippen LogP contribution in [0, 0.1) is 0 Å². The quantitative estimate of drug-likeness (QED) is 0.514. The number of para-hydroxylation sites is 1. The number of nitrogens with one attached hydrogen (secondary N) is 1. The Morgan fingerprint density at radius 1 is 1.11 bits per heavy atom. The van der Waals surface area contributed by atoms with Crippen LogP contribution in [0.3, 0.4) is 0 Å². The van der Waals surface area contributed by atoms with Crippen LogP contribution in [-0.4, -0.2) is 37.9 Å². The smallest absolute Gasteiger partial charge is 0.277 e. The van der Waals surface area contributed by atoms with E-state index in [1.54, 1.807) is 44.7 Å². The second kappa shape index (κ2) is 8.66. The monoisotopic (exact) mass is 365 g/mol. The number of aromatic nitrogens is 1. The van der Waals surface area contributed by atoms with Gasteiger partial charge in [0.2, 0.25) is 0 Å². The van der Waals surface area contributed by atoms with Crippen molar-refractivity contribution < 1.29 is 19.0 Å². The molecule has 0 fully saturated rings. The van der Waals surface area contributed by atoms with Crippen LogP contribution >= 0.6 is 0 Å². The summed E-state index contributed by atoms with van der Waals surface area (Å²) < 4.78 is 16.0. The van der Waals surface area contributed by atoms with Crippen LogP contribution in [0.1, 0.15) is 5.56 Å². The van der Waals surface area contributed by atoms with E-state index in [2.05, 4.69) is 15.5 Å². The number of pyridine rings is 1. The zero-order valence-electron chi connectivity index (χ0n) is 15.0. The van der Waals surface area contributed by atoms with E-state index >= 15 is 0 Å². The Balaban J connectivity index is 1.61. The minimum absolute atomic E-state index is 0.178. The molecular formula is C20H19N3O4. The molecule has 7 heteroatoms. The predicted octanol–water partition coefficient (Wildman–Crippen LogP) is 2.78. The van der Waals surface area contributed by atoms with Gasteiger partial charge in [-0.2, -0.15) is 5.10 Å². The standard InChI is InChI=1S/C20H19N3O4/c1-25-16-8-9-17(26-2)15(11-16)12-22-23-19(24)13-27-18-7-3-5-14-6-4-10-21-20(14)18/h3-12H,13H2,1-2H3,(H,23,24)/b22-12+. The Morgan fingerprint density at radius 2 is 1.96 bits per heavy atom. The van der Waals surface area contributed by atoms with Crippen molar-refractivity contribution in [3.8, 4) is 17.2 Å². The molecule has 0 saturated heterocycles. The van der Waals surface area contributed by atoms with E-state index in [9.17, 15) is 4.79 Å². The van der Waals surface area contributed by atoms with Crippen LogP contribution in [-0.2, 0) is 4.79 Å². The molecule has 1 aromatic heterocycles. The Hall–Kier alpha value is -3.61. The van der Waals surface area contributed by atoms with E-state index in [-0.39, 0.29) is 12.5 Å². The van der Waals surface area contributed by atoms with Gasteiger partial charge in [-0.1, -0.05) is 18.2 Å². The van der Waals surface area contributed by atoms with Crippen LogP contribution in [0.5, 0.6) is 17.2 Å². The number of fused-ring (bicyclic) bond motifs is 1. The van der Waals surface area contributed by atoms with Crippen molar-refractivity contribution in [3.63, 3.8) is 0 Å². The van der Waals surface area contributed by atoms with Crippen molar-refractivity contribution in [3.05, 3.63) is 60.3 Å². The van der Waals surface area contributed by atoms with Crippen molar-refractivity contribution in [2.75, 3.05) is 20.8 Å². The highest BCUT2D eigenvalue weighted by atomic mass is 16.5. The molecule has 0 bridgehead atoms. The molecule has 0 spiro atoms. The first-order valence-electron chi connectivity index (χ1n) is 8.21. The third-order valence-corrected chi connectivity index (χ3v) is 3.78. The van der Waals surface area contributed by atoms with Crippen LogP contribution in [0.15, 0.2) is 59.8 Å². The highest BCUT2D eigenvalue weighted by molar-refractivity contribution is 5.87. The number of amides is 1. The summed E-state index contributed by atoms with van der Waals surface area (Å²) >= 11 is 0. The van der Waals surface area contributed by atoms with E-state index in [1.807, 2.05) is 24.3 Å². The zero-order valence-corrected chi connectivity index (χ0v) is 15.0. The van der Waals surface area contributed by atoms with Gasteiger partial charge in [-0.05, 0) is 30.3 Å². The number of nitrogens with zero attached hydrogens (tertiary/aromatic N) is 2. The lowest BCUT2D eigenvalue weighted by molar-refractivity contribution is -0.123. The van der Waals surface area contributed by atoms with Crippen molar-refractivity contribution in [2.45, 2.75) is 0 Å². The summed E-state index contributed by atoms with van der Waals surface area (Å²) in [5.74, 6) is 1.44. The molecule has 0 aliphatic carbocycles. The second-order valence-corrected chi connectivity index (χ2v) is 5.52. The van der Waals surface area contributed by atoms with Crippen molar-refractivity contribution >= 4 is 23.0 Å². The molecular weight excluding hydrogens is 346 g/mol. The topological polar surface area (TPSA) is 82.0 Å². The van der Waals surface area contributed by atoms with E-state index in [0.29, 0.717) is 28.3 Å². The molecule has 138 valence electrons. The Morgan fingerprint density at radius 3 is 2.78 bits per heavy atom. The molecule has 0 unspecified atom stereocenters. The van der Waals surface area contributed by atoms with Crippen molar-refractivity contribution in [1.82, 2.24) is 10.4 Å². The van der Waals surface area contributed by atoms with Crippen LogP contribution in [0.4, 0.5) is 0 Å². The van der Waals surface area contributed by atoms with Crippen molar-refractivity contribution in [2.24, 2.45) is 5.10 Å². The molecule has 0 aliphatic heterocycles. The molecule has 3 aromatic rings. The maximum atomic E-state index is 12.0. The van der Waals surface area contributed by atoms with Gasteiger partial charge < -0.3 is 14.2 Å². The number of hydrazone groups is 1. The van der Waals surface area contributed by atoms with Gasteiger partial charge in [-0.3, -0.25) is 9.78 Å². The summed E-state index contributed by atoms with van der Waals surface area (Å²) in [7, 11) is 3.13. The molecule has 7 nitrogen and oxygen atoms in total. The predicted molar refractivity (Wildman–Crippen MR) is 103 cm³/mol. The summed E-state index contributed by atoms with van der Waals surface area (Å²) in [5, 5.41) is 4.89. The maximum absolute atomic E-state index is 12.0. The van der Waals surface area contributed by atoms with Gasteiger partial charge in [-0.25, -0.2) is 5.43 Å². The fraction of sp³-hybridized carbons (Fsp3) is 0.150. The van der Waals surface area contributed by atoms with Crippen LogP contribution < -0.4 is 19.6 Å². The fourth-order valence-corrected chi connectivity index (χ4v) is 2.48. The molecule has 0 saturated carbocycles. The third kappa shape index (κ3) is 4.52. The Kier molecular flexibility index (Phi) is 5.84. The number of carbonyl (C=O) groups is 1. The average Bonchev–Trinajstić information content (AvgIpc) is 2.72. The fourth-order valence-electron chi connectivity index (χ4n) is 2.48. The largest absolute Gasteiger partial charge is 0.497 e. The lowest BCUT2D eigenvalue weighted by Crippen LogP contribution is -2.24. The van der Waals surface area contributed by atoms with Crippen molar-refractivity contribution in [1.29, 1.82) is 0 Å². The number of ether oxygens (including phenoxy) is 3. The maximum Gasteiger partial charge on any atom is 0.277 e. The molecule has 1 amide bonds. The average molecular weight is 365 g/mol. The summed E-state index contributed by atoms with van der Waals surface area (Å²) in [6.45, 7) is -0.178. The normalized spacial score (nSPS) is 10.7. The van der Waals surface area contributed by atoms with E-state index in [0.717, 1.165) is 5.39 Å². The van der Waals surface area contributed by atoms with Gasteiger partial charge in [0.1, 0.15) is 22.8 Å². The third-order valence-electron chi connectivity index (χ3n) is 3.78. The Bertz CT molecular complexity index is 967. The number of methoxy groups -OCH3 is 2. The molecule has 0 atom stereocenters. The number of hydrogen-bond donors (Lipinski definition) is 1. The first kappa shape index (κ1) is 18.2. The van der Waals surface area contributed by atoms with Gasteiger partial charge >= 0.3 is 0 Å². The molecule has 2 aromatic carbocycles. The van der Waals surface area contributed by atoms with Gasteiger partial charge in [0.15, 0.2) is 6.61 Å². The summed E-state index contributed by atoms with van der Waals surface area (Å²) in [5.41, 5.74) is 3.81. The SMILES string of the molecule is COc1ccc(OC)c(/C=N/NC(=O)COc2cccc3cccnc23)c1. The van der Waals surface area contributed by atoms with Crippen LogP contribution in [0.2, 0.25) is 0 Å². The number of carbonyl (C=O) groups excluding carboxylic acids is 1. The van der Waals surface area contributed by atoms with Gasteiger partial charge in [0, 0.05) is 17.1 Å². The first-order valence-corrected chi connectivity index (χ1v) is 8.21. The molecule has 0 aliphatic rings. The molecule has 0 radical (unpaired) electrons. The number of rotatable bonds is 7. The van der Waals surface area contributed by atoms with Crippen LogP contribution in [0.25, 0.3) is 10.9 Å². The zero-order chi connectivity index (χ0) is 19.1. The number of benzene rings is 2. The van der Waals surface area contributed by atoms with Gasteiger partial charge in [-0.15, -0.1) is 0 Å².